The SMILES string of the molecule is NC(=O)c1ccccc1OCC(=O)Nc1c(Cl)cc(Cl)cc1Cl. The Morgan fingerprint density at radius 1 is 1.09 bits per heavy atom. The van der Waals surface area contributed by atoms with Crippen molar-refractivity contribution in [2.24, 2.45) is 5.73 Å². The fourth-order valence-electron chi connectivity index (χ4n) is 1.78. The zero-order valence-electron chi connectivity index (χ0n) is 11.6. The zero-order chi connectivity index (χ0) is 17.0. The first-order valence-electron chi connectivity index (χ1n) is 6.34. The maximum absolute atomic E-state index is 12.0. The lowest BCUT2D eigenvalue weighted by atomic mass is 10.2. The Kier molecular flexibility index (Phi) is 5.71. The molecule has 0 saturated carbocycles. The van der Waals surface area contributed by atoms with E-state index in [-0.39, 0.29) is 33.7 Å². The molecular formula is C15H11Cl3N2O3. The van der Waals surface area contributed by atoms with Crippen LogP contribution in [0.3, 0.4) is 0 Å². The summed E-state index contributed by atoms with van der Waals surface area (Å²) in [6.45, 7) is -0.348. The normalized spacial score (nSPS) is 10.2. The molecule has 0 atom stereocenters. The maximum Gasteiger partial charge on any atom is 0.262 e. The summed E-state index contributed by atoms with van der Waals surface area (Å²) >= 11 is 17.8. The van der Waals surface area contributed by atoms with E-state index in [9.17, 15) is 9.59 Å². The van der Waals surface area contributed by atoms with Gasteiger partial charge >= 0.3 is 0 Å². The molecule has 0 radical (unpaired) electrons. The quantitative estimate of drug-likeness (QED) is 0.837. The number of ether oxygens (including phenoxy) is 1. The molecule has 2 aromatic carbocycles. The average Bonchev–Trinajstić information content (AvgIpc) is 2.49. The van der Waals surface area contributed by atoms with Crippen LogP contribution in [-0.2, 0) is 4.79 Å². The smallest absolute Gasteiger partial charge is 0.262 e. The molecule has 0 heterocycles. The highest BCUT2D eigenvalue weighted by Crippen LogP contribution is 2.33. The Hall–Kier alpha value is -1.95. The van der Waals surface area contributed by atoms with Crippen LogP contribution < -0.4 is 15.8 Å². The summed E-state index contributed by atoms with van der Waals surface area (Å²) in [5.74, 6) is -0.941. The second-order valence-electron chi connectivity index (χ2n) is 4.44. The summed E-state index contributed by atoms with van der Waals surface area (Å²) in [6.07, 6.45) is 0. The monoisotopic (exact) mass is 372 g/mol. The number of hydrogen-bond donors (Lipinski definition) is 2. The molecule has 2 amide bonds. The van der Waals surface area contributed by atoms with Gasteiger partial charge in [-0.15, -0.1) is 0 Å². The number of hydrogen-bond acceptors (Lipinski definition) is 3. The largest absolute Gasteiger partial charge is 0.483 e. The Morgan fingerprint density at radius 3 is 2.30 bits per heavy atom. The van der Waals surface area contributed by atoms with E-state index in [4.69, 9.17) is 45.3 Å². The third-order valence-corrected chi connectivity index (χ3v) is 3.60. The summed E-state index contributed by atoms with van der Waals surface area (Å²) in [5.41, 5.74) is 5.65. The molecule has 0 bridgehead atoms. The number of benzene rings is 2. The lowest BCUT2D eigenvalue weighted by molar-refractivity contribution is -0.118. The molecule has 0 aliphatic rings. The predicted molar refractivity (Wildman–Crippen MR) is 90.6 cm³/mol. The van der Waals surface area contributed by atoms with Crippen LogP contribution in [0.2, 0.25) is 15.1 Å². The van der Waals surface area contributed by atoms with Crippen LogP contribution in [0.5, 0.6) is 5.75 Å². The fourth-order valence-corrected chi connectivity index (χ4v) is 2.69. The van der Waals surface area contributed by atoms with Gasteiger partial charge in [0.2, 0.25) is 0 Å². The van der Waals surface area contributed by atoms with Crippen molar-refractivity contribution in [2.45, 2.75) is 0 Å². The van der Waals surface area contributed by atoms with Gasteiger partial charge in [-0.1, -0.05) is 46.9 Å². The van der Waals surface area contributed by atoms with Gasteiger partial charge in [0.25, 0.3) is 11.8 Å². The number of rotatable bonds is 5. The topological polar surface area (TPSA) is 81.4 Å². The van der Waals surface area contributed by atoms with Crippen LogP contribution in [0.25, 0.3) is 0 Å². The number of nitrogens with two attached hydrogens (primary N) is 1. The number of halogens is 3. The van der Waals surface area contributed by atoms with Crippen molar-refractivity contribution in [3.05, 3.63) is 57.0 Å². The van der Waals surface area contributed by atoms with Crippen molar-refractivity contribution in [2.75, 3.05) is 11.9 Å². The minimum absolute atomic E-state index is 0.183. The van der Waals surface area contributed by atoms with Crippen LogP contribution in [0, 0.1) is 0 Å². The molecule has 8 heteroatoms. The second-order valence-corrected chi connectivity index (χ2v) is 5.69. The lowest BCUT2D eigenvalue weighted by Gasteiger charge is -2.12. The first-order chi connectivity index (χ1) is 10.9. The summed E-state index contributed by atoms with van der Waals surface area (Å²) < 4.78 is 5.31. The lowest BCUT2D eigenvalue weighted by Crippen LogP contribution is -2.22. The van der Waals surface area contributed by atoms with E-state index in [0.29, 0.717) is 5.02 Å². The highest BCUT2D eigenvalue weighted by Gasteiger charge is 2.13. The van der Waals surface area contributed by atoms with Crippen LogP contribution in [0.4, 0.5) is 5.69 Å². The molecule has 0 saturated heterocycles. The molecule has 0 spiro atoms. The molecule has 0 aromatic heterocycles. The van der Waals surface area contributed by atoms with Gasteiger partial charge in [-0.25, -0.2) is 0 Å². The van der Waals surface area contributed by atoms with Crippen molar-refractivity contribution in [1.29, 1.82) is 0 Å². The van der Waals surface area contributed by atoms with Gasteiger partial charge in [-0.05, 0) is 24.3 Å². The molecule has 0 unspecified atom stereocenters. The number of carbonyl (C=O) groups is 2. The van der Waals surface area contributed by atoms with Crippen LogP contribution in [-0.4, -0.2) is 18.4 Å². The molecule has 0 aliphatic heterocycles. The number of anilines is 1. The first-order valence-corrected chi connectivity index (χ1v) is 7.48. The number of primary amides is 1. The Labute approximate surface area is 147 Å². The van der Waals surface area contributed by atoms with E-state index >= 15 is 0 Å². The van der Waals surface area contributed by atoms with E-state index in [1.54, 1.807) is 12.1 Å². The van der Waals surface area contributed by atoms with Crippen molar-refractivity contribution >= 4 is 52.3 Å². The molecule has 0 aliphatic carbocycles. The van der Waals surface area contributed by atoms with E-state index in [2.05, 4.69) is 5.32 Å². The highest BCUT2D eigenvalue weighted by molar-refractivity contribution is 6.42. The predicted octanol–water partition coefficient (Wildman–Crippen LogP) is 3.76. The first kappa shape index (κ1) is 17.4. The highest BCUT2D eigenvalue weighted by atomic mass is 35.5. The minimum atomic E-state index is -0.648. The van der Waals surface area contributed by atoms with Gasteiger partial charge in [0.05, 0.1) is 21.3 Å². The summed E-state index contributed by atoms with van der Waals surface area (Å²) in [7, 11) is 0. The van der Waals surface area contributed by atoms with Gasteiger partial charge in [0.1, 0.15) is 5.75 Å². The Morgan fingerprint density at radius 2 is 1.70 bits per heavy atom. The summed E-state index contributed by atoms with van der Waals surface area (Å²) in [4.78, 5) is 23.2. The molecule has 120 valence electrons. The van der Waals surface area contributed by atoms with Crippen molar-refractivity contribution in [3.8, 4) is 5.75 Å². The maximum atomic E-state index is 12.0. The number of para-hydroxylation sites is 1. The molecule has 5 nitrogen and oxygen atoms in total. The average molecular weight is 374 g/mol. The van der Waals surface area contributed by atoms with Gasteiger partial charge in [0.15, 0.2) is 6.61 Å². The molecule has 23 heavy (non-hydrogen) atoms. The molecular weight excluding hydrogens is 363 g/mol. The third-order valence-electron chi connectivity index (χ3n) is 2.78. The molecule has 2 aromatic rings. The standard InChI is InChI=1S/C15H11Cl3N2O3/c16-8-5-10(17)14(11(18)6-8)20-13(21)7-23-12-4-2-1-3-9(12)15(19)22/h1-6H,7H2,(H2,19,22)(H,20,21). The van der Waals surface area contributed by atoms with Crippen LogP contribution >= 0.6 is 34.8 Å². The number of amides is 2. The summed E-state index contributed by atoms with van der Waals surface area (Å²) in [6, 6.07) is 9.24. The van der Waals surface area contributed by atoms with Gasteiger partial charge < -0.3 is 15.8 Å². The van der Waals surface area contributed by atoms with Gasteiger partial charge in [-0.3, -0.25) is 9.59 Å². The zero-order valence-corrected chi connectivity index (χ0v) is 13.9. The van der Waals surface area contributed by atoms with Crippen molar-refractivity contribution in [1.82, 2.24) is 0 Å². The molecule has 2 rings (SSSR count). The fraction of sp³-hybridized carbons (Fsp3) is 0.0667. The van der Waals surface area contributed by atoms with Gasteiger partial charge in [-0.2, -0.15) is 0 Å². The third kappa shape index (κ3) is 4.51. The Bertz CT molecular complexity index is 742. The van der Waals surface area contributed by atoms with Crippen LogP contribution in [0.15, 0.2) is 36.4 Å². The molecule has 3 N–H and O–H groups in total. The molecule has 0 fully saturated rings. The van der Waals surface area contributed by atoms with Crippen molar-refractivity contribution < 1.29 is 14.3 Å². The van der Waals surface area contributed by atoms with E-state index in [0.717, 1.165) is 0 Å². The Balaban J connectivity index is 2.06. The summed E-state index contributed by atoms with van der Waals surface area (Å²) in [5, 5.41) is 3.28. The second kappa shape index (κ2) is 7.55. The number of carbonyl (C=O) groups excluding carboxylic acids is 2. The van der Waals surface area contributed by atoms with Crippen molar-refractivity contribution in [3.63, 3.8) is 0 Å². The minimum Gasteiger partial charge on any atom is -0.483 e. The van der Waals surface area contributed by atoms with E-state index in [1.165, 1.54) is 24.3 Å². The van der Waals surface area contributed by atoms with Gasteiger partial charge in [0, 0.05) is 5.02 Å². The number of nitrogens with one attached hydrogen (secondary N) is 1. The van der Waals surface area contributed by atoms with Crippen LogP contribution in [0.1, 0.15) is 10.4 Å². The van der Waals surface area contributed by atoms with E-state index < -0.39 is 11.8 Å². The van der Waals surface area contributed by atoms with E-state index in [1.807, 2.05) is 0 Å².